The molecule has 0 unspecified atom stereocenters. The van der Waals surface area contributed by atoms with Gasteiger partial charge in [0, 0.05) is 23.6 Å². The summed E-state index contributed by atoms with van der Waals surface area (Å²) in [5.74, 6) is -0.376. The molecule has 0 spiro atoms. The van der Waals surface area contributed by atoms with Gasteiger partial charge in [-0.15, -0.1) is 0 Å². The van der Waals surface area contributed by atoms with Crippen LogP contribution in [0, 0.1) is 11.6 Å². The van der Waals surface area contributed by atoms with Crippen LogP contribution in [0.1, 0.15) is 30.0 Å². The first-order valence-corrected chi connectivity index (χ1v) is 12.7. The van der Waals surface area contributed by atoms with E-state index in [4.69, 9.17) is 16.6 Å². The zero-order valence-electron chi connectivity index (χ0n) is 19.3. The van der Waals surface area contributed by atoms with Crippen LogP contribution in [0.4, 0.5) is 14.5 Å². The van der Waals surface area contributed by atoms with Crippen LogP contribution in [0.15, 0.2) is 87.9 Å². The van der Waals surface area contributed by atoms with E-state index in [9.17, 15) is 13.6 Å². The molecule has 5 rings (SSSR count). The number of benzene rings is 2. The number of anilines is 1. The Kier molecular flexibility index (Phi) is 7.29. The maximum Gasteiger partial charge on any atom is 0.226 e. The third-order valence-corrected chi connectivity index (χ3v) is 6.89. The van der Waals surface area contributed by atoms with Crippen molar-refractivity contribution in [2.75, 3.05) is 11.9 Å². The molecule has 0 aliphatic carbocycles. The van der Waals surface area contributed by atoms with Gasteiger partial charge in [0.25, 0.3) is 0 Å². The molecule has 1 aliphatic heterocycles. The molecule has 2 N–H and O–H groups in total. The monoisotopic (exact) mass is 582 g/mol. The van der Waals surface area contributed by atoms with Crippen molar-refractivity contribution < 1.29 is 18.0 Å². The van der Waals surface area contributed by atoms with Gasteiger partial charge in [-0.2, -0.15) is 0 Å². The van der Waals surface area contributed by atoms with Crippen molar-refractivity contribution in [2.24, 2.45) is 0 Å². The Bertz CT molecular complexity index is 1450. The zero-order valence-corrected chi connectivity index (χ0v) is 21.7. The second-order valence-corrected chi connectivity index (χ2v) is 9.73. The Labute approximate surface area is 225 Å². The van der Waals surface area contributed by atoms with Crippen LogP contribution in [-0.4, -0.2) is 27.4 Å². The first-order valence-electron chi connectivity index (χ1n) is 11.5. The minimum absolute atomic E-state index is 0.0521. The summed E-state index contributed by atoms with van der Waals surface area (Å²) >= 11 is 8.89. The summed E-state index contributed by atoms with van der Waals surface area (Å²) in [7, 11) is 0. The van der Waals surface area contributed by atoms with Crippen molar-refractivity contribution in [3.8, 4) is 11.3 Å². The molecule has 0 radical (unpaired) electrons. The summed E-state index contributed by atoms with van der Waals surface area (Å²) in [5, 5.41) is 6.30. The molecule has 1 amide bonds. The molecular weight excluding hydrogens is 562 g/mol. The maximum absolute atomic E-state index is 14.6. The van der Waals surface area contributed by atoms with Crippen LogP contribution in [0.2, 0.25) is 0 Å². The summed E-state index contributed by atoms with van der Waals surface area (Å²) in [6.45, 7) is 0.239. The highest BCUT2D eigenvalue weighted by atomic mass is 79.9. The van der Waals surface area contributed by atoms with Crippen LogP contribution in [0.5, 0.6) is 0 Å². The van der Waals surface area contributed by atoms with Gasteiger partial charge in [-0.1, -0.05) is 34.1 Å². The van der Waals surface area contributed by atoms with Gasteiger partial charge < -0.3 is 20.0 Å². The zero-order chi connectivity index (χ0) is 25.9. The van der Waals surface area contributed by atoms with Crippen molar-refractivity contribution in [2.45, 2.75) is 18.5 Å². The van der Waals surface area contributed by atoms with E-state index in [-0.39, 0.29) is 30.6 Å². The number of thiocarbonyl (C=S) groups is 1. The van der Waals surface area contributed by atoms with Crippen molar-refractivity contribution >= 4 is 44.9 Å². The number of carbonyl (C=O) groups is 1. The van der Waals surface area contributed by atoms with E-state index in [1.807, 2.05) is 23.1 Å². The average molecular weight is 583 g/mol. The standard InChI is InChI=1S/C27H21BrF2N4O2S/c28-16-8-9-17(19(30)15-16)22-10-11-23(36-22)26-25(21-7-3-4-13-31-21)33-27(37)34(26)14-12-24(35)32-20-6-2-1-5-18(20)29/h1-11,13,15,25-26H,12,14H2,(H,32,35)(H,33,37)/t25-,26-/m0/s1. The fraction of sp³-hybridized carbons (Fsp3) is 0.148. The topological polar surface area (TPSA) is 70.4 Å². The average Bonchev–Trinajstić information content (AvgIpc) is 3.49. The van der Waals surface area contributed by atoms with E-state index in [0.29, 0.717) is 26.7 Å². The third kappa shape index (κ3) is 5.40. The largest absolute Gasteiger partial charge is 0.459 e. The number of halogens is 3. The molecule has 1 saturated heterocycles. The number of furan rings is 1. The smallest absolute Gasteiger partial charge is 0.226 e. The molecule has 1 aliphatic rings. The minimum Gasteiger partial charge on any atom is -0.459 e. The number of hydrogen-bond acceptors (Lipinski definition) is 4. The van der Waals surface area contributed by atoms with E-state index in [1.165, 1.54) is 18.2 Å². The number of para-hydroxylation sites is 1. The molecule has 2 aromatic carbocycles. The van der Waals surface area contributed by atoms with E-state index in [2.05, 4.69) is 31.5 Å². The second-order valence-electron chi connectivity index (χ2n) is 8.42. The second kappa shape index (κ2) is 10.8. The first-order chi connectivity index (χ1) is 17.9. The van der Waals surface area contributed by atoms with Gasteiger partial charge >= 0.3 is 0 Å². The van der Waals surface area contributed by atoms with E-state index in [0.717, 1.165) is 5.69 Å². The van der Waals surface area contributed by atoms with Gasteiger partial charge in [-0.05, 0) is 66.8 Å². The molecule has 2 aromatic heterocycles. The summed E-state index contributed by atoms with van der Waals surface area (Å²) in [6, 6.07) is 19.0. The maximum atomic E-state index is 14.6. The number of aromatic nitrogens is 1. The van der Waals surface area contributed by atoms with Gasteiger partial charge in [0.15, 0.2) is 5.11 Å². The Hall–Kier alpha value is -3.63. The predicted octanol–water partition coefficient (Wildman–Crippen LogP) is 6.38. The van der Waals surface area contributed by atoms with Crippen molar-refractivity contribution in [3.63, 3.8) is 0 Å². The molecule has 4 aromatic rings. The third-order valence-electron chi connectivity index (χ3n) is 6.04. The van der Waals surface area contributed by atoms with Gasteiger partial charge in [0.2, 0.25) is 5.91 Å². The molecule has 6 nitrogen and oxygen atoms in total. The van der Waals surface area contributed by atoms with Crippen LogP contribution < -0.4 is 10.6 Å². The molecule has 37 heavy (non-hydrogen) atoms. The van der Waals surface area contributed by atoms with Gasteiger partial charge in [0.1, 0.15) is 29.2 Å². The highest BCUT2D eigenvalue weighted by molar-refractivity contribution is 9.10. The van der Waals surface area contributed by atoms with Gasteiger partial charge in [0.05, 0.1) is 23.0 Å². The SMILES string of the molecule is O=C(CCN1C(=S)N[C@@H](c2ccccn2)[C@@H]1c1ccc(-c2ccc(Br)cc2F)o1)Nc1ccccc1F. The van der Waals surface area contributed by atoms with Crippen LogP contribution in [0.3, 0.4) is 0 Å². The minimum atomic E-state index is -0.509. The Morgan fingerprint density at radius 1 is 1.08 bits per heavy atom. The highest BCUT2D eigenvalue weighted by Crippen LogP contribution is 2.41. The highest BCUT2D eigenvalue weighted by Gasteiger charge is 2.41. The first kappa shape index (κ1) is 25.0. The van der Waals surface area contributed by atoms with Gasteiger partial charge in [-0.3, -0.25) is 9.78 Å². The fourth-order valence-electron chi connectivity index (χ4n) is 4.30. The number of rotatable bonds is 7. The van der Waals surface area contributed by atoms with Crippen molar-refractivity contribution in [1.29, 1.82) is 0 Å². The summed E-state index contributed by atoms with van der Waals surface area (Å²) in [5.41, 5.74) is 1.18. The number of amides is 1. The van der Waals surface area contributed by atoms with E-state index in [1.54, 1.807) is 42.6 Å². The molecule has 1 fully saturated rings. The lowest BCUT2D eigenvalue weighted by Gasteiger charge is -2.25. The number of nitrogens with one attached hydrogen (secondary N) is 2. The lowest BCUT2D eigenvalue weighted by molar-refractivity contribution is -0.116. The predicted molar refractivity (Wildman–Crippen MR) is 144 cm³/mol. The van der Waals surface area contributed by atoms with E-state index >= 15 is 0 Å². The summed E-state index contributed by atoms with van der Waals surface area (Å²) in [4.78, 5) is 18.9. The molecule has 0 saturated carbocycles. The molecule has 188 valence electrons. The lowest BCUT2D eigenvalue weighted by Crippen LogP contribution is -2.32. The normalized spacial score (nSPS) is 17.1. The molecule has 3 heterocycles. The number of pyridine rings is 1. The number of nitrogens with zero attached hydrogens (tertiary/aromatic N) is 2. The summed E-state index contributed by atoms with van der Waals surface area (Å²) in [6.07, 6.45) is 1.74. The Morgan fingerprint density at radius 2 is 1.89 bits per heavy atom. The molecular formula is C27H21BrF2N4O2S. The van der Waals surface area contributed by atoms with Gasteiger partial charge in [-0.25, -0.2) is 8.78 Å². The fourth-order valence-corrected chi connectivity index (χ4v) is 4.96. The Morgan fingerprint density at radius 3 is 2.65 bits per heavy atom. The quantitative estimate of drug-likeness (QED) is 0.246. The van der Waals surface area contributed by atoms with Crippen LogP contribution >= 0.6 is 28.1 Å². The number of hydrogen-bond donors (Lipinski definition) is 2. The van der Waals surface area contributed by atoms with E-state index < -0.39 is 17.7 Å². The lowest BCUT2D eigenvalue weighted by atomic mass is 10.0. The summed E-state index contributed by atoms with van der Waals surface area (Å²) < 4.78 is 35.3. The van der Waals surface area contributed by atoms with Crippen LogP contribution in [-0.2, 0) is 4.79 Å². The molecule has 2 atom stereocenters. The Balaban J connectivity index is 1.42. The molecule has 10 heteroatoms. The van der Waals surface area contributed by atoms with Crippen molar-refractivity contribution in [1.82, 2.24) is 15.2 Å². The van der Waals surface area contributed by atoms with Crippen LogP contribution in [0.25, 0.3) is 11.3 Å². The number of carbonyl (C=O) groups excluding carboxylic acids is 1. The van der Waals surface area contributed by atoms with Crippen molar-refractivity contribution in [3.05, 3.63) is 107 Å². The molecule has 0 bridgehead atoms.